The van der Waals surface area contributed by atoms with Crippen molar-refractivity contribution >= 4 is 11.6 Å². The molecule has 1 aliphatic carbocycles. The average molecular weight is 362 g/mol. The standard InChI is InChI=1S/C23H26N2O2/c26-23(24-20-10-8-17(9-11-20)16-6-7-16)21-5-2-13-25(21)15-19-4-1-3-18-12-14-27-22(18)19/h1,3-4,8-11,16,21H,2,5-7,12-15H2,(H,24,26). The number of fused-ring (bicyclic) bond motifs is 1. The predicted octanol–water partition coefficient (Wildman–Crippen LogP) is 4.10. The van der Waals surface area contributed by atoms with Crippen LogP contribution >= 0.6 is 0 Å². The molecule has 4 heteroatoms. The average Bonchev–Trinajstić information content (AvgIpc) is 3.23. The molecule has 27 heavy (non-hydrogen) atoms. The number of rotatable bonds is 5. The molecule has 4 nitrogen and oxygen atoms in total. The van der Waals surface area contributed by atoms with Crippen molar-refractivity contribution in [1.29, 1.82) is 0 Å². The van der Waals surface area contributed by atoms with E-state index >= 15 is 0 Å². The first kappa shape index (κ1) is 16.8. The Labute approximate surface area is 160 Å². The number of ether oxygens (including phenoxy) is 1. The quantitative estimate of drug-likeness (QED) is 0.871. The number of nitrogens with one attached hydrogen (secondary N) is 1. The number of hydrogen-bond donors (Lipinski definition) is 1. The SMILES string of the molecule is O=C(Nc1ccc(C2CC2)cc1)C1CCCN1Cc1cccc2c1OCC2. The molecule has 0 radical (unpaired) electrons. The molecule has 0 spiro atoms. The van der Waals surface area contributed by atoms with Crippen LogP contribution in [0.25, 0.3) is 0 Å². The second kappa shape index (κ2) is 7.01. The van der Waals surface area contributed by atoms with Crippen molar-refractivity contribution < 1.29 is 9.53 Å². The van der Waals surface area contributed by atoms with Gasteiger partial charge in [-0.1, -0.05) is 30.3 Å². The van der Waals surface area contributed by atoms with E-state index in [9.17, 15) is 4.79 Å². The number of amides is 1. The highest BCUT2D eigenvalue weighted by atomic mass is 16.5. The molecule has 1 N–H and O–H groups in total. The lowest BCUT2D eigenvalue weighted by Crippen LogP contribution is -2.39. The molecule has 2 heterocycles. The fourth-order valence-corrected chi connectivity index (χ4v) is 4.42. The van der Waals surface area contributed by atoms with Crippen molar-refractivity contribution in [1.82, 2.24) is 4.90 Å². The van der Waals surface area contributed by atoms with Gasteiger partial charge < -0.3 is 10.1 Å². The zero-order valence-corrected chi connectivity index (χ0v) is 15.6. The largest absolute Gasteiger partial charge is 0.493 e. The van der Waals surface area contributed by atoms with Crippen LogP contribution in [0.4, 0.5) is 5.69 Å². The fourth-order valence-electron chi connectivity index (χ4n) is 4.42. The van der Waals surface area contributed by atoms with E-state index in [4.69, 9.17) is 4.74 Å². The molecule has 1 amide bonds. The summed E-state index contributed by atoms with van der Waals surface area (Å²) in [5, 5.41) is 3.13. The fraction of sp³-hybridized carbons (Fsp3) is 0.435. The molecule has 0 aromatic heterocycles. The Morgan fingerprint density at radius 2 is 1.96 bits per heavy atom. The number of likely N-dealkylation sites (tertiary alicyclic amines) is 1. The monoisotopic (exact) mass is 362 g/mol. The number of anilines is 1. The number of para-hydroxylation sites is 1. The summed E-state index contributed by atoms with van der Waals surface area (Å²) in [6, 6.07) is 14.7. The molecule has 140 valence electrons. The highest BCUT2D eigenvalue weighted by molar-refractivity contribution is 5.95. The Morgan fingerprint density at radius 1 is 1.11 bits per heavy atom. The first-order chi connectivity index (χ1) is 13.3. The predicted molar refractivity (Wildman–Crippen MR) is 106 cm³/mol. The van der Waals surface area contributed by atoms with E-state index in [1.165, 1.54) is 29.5 Å². The summed E-state index contributed by atoms with van der Waals surface area (Å²) in [4.78, 5) is 15.2. The van der Waals surface area contributed by atoms with Crippen molar-refractivity contribution in [3.8, 4) is 5.75 Å². The lowest BCUT2D eigenvalue weighted by atomic mass is 10.1. The van der Waals surface area contributed by atoms with Crippen LogP contribution < -0.4 is 10.1 Å². The zero-order chi connectivity index (χ0) is 18.2. The number of carbonyl (C=O) groups is 1. The Morgan fingerprint density at radius 3 is 2.78 bits per heavy atom. The number of benzene rings is 2. The minimum absolute atomic E-state index is 0.0645. The van der Waals surface area contributed by atoms with Crippen LogP contribution in [0.2, 0.25) is 0 Å². The molecule has 3 aliphatic rings. The van der Waals surface area contributed by atoms with Crippen LogP contribution in [0.3, 0.4) is 0 Å². The van der Waals surface area contributed by atoms with Crippen LogP contribution in [-0.4, -0.2) is 30.0 Å². The number of carbonyl (C=O) groups excluding carboxylic acids is 1. The molecular weight excluding hydrogens is 336 g/mol. The second-order valence-corrected chi connectivity index (χ2v) is 8.02. The Balaban J connectivity index is 1.26. The van der Waals surface area contributed by atoms with E-state index < -0.39 is 0 Å². The van der Waals surface area contributed by atoms with Gasteiger partial charge in [0.25, 0.3) is 0 Å². The molecule has 1 unspecified atom stereocenters. The summed E-state index contributed by atoms with van der Waals surface area (Å²) in [5.41, 5.74) is 4.80. The van der Waals surface area contributed by atoms with Gasteiger partial charge in [-0.25, -0.2) is 0 Å². The summed E-state index contributed by atoms with van der Waals surface area (Å²) in [6.45, 7) is 2.51. The van der Waals surface area contributed by atoms with Gasteiger partial charge in [0.2, 0.25) is 5.91 Å². The number of nitrogens with zero attached hydrogens (tertiary/aromatic N) is 1. The van der Waals surface area contributed by atoms with Gasteiger partial charge in [0.05, 0.1) is 12.6 Å². The summed E-state index contributed by atoms with van der Waals surface area (Å²) >= 11 is 0. The molecular formula is C23H26N2O2. The van der Waals surface area contributed by atoms with Gasteiger partial charge in [0.1, 0.15) is 5.75 Å². The molecule has 1 saturated carbocycles. The van der Waals surface area contributed by atoms with Crippen LogP contribution in [0.15, 0.2) is 42.5 Å². The summed E-state index contributed by atoms with van der Waals surface area (Å²) in [6.07, 6.45) is 5.58. The maximum Gasteiger partial charge on any atom is 0.241 e. The highest BCUT2D eigenvalue weighted by Gasteiger charge is 2.32. The third-order valence-electron chi connectivity index (χ3n) is 6.06. The van der Waals surface area contributed by atoms with E-state index in [0.29, 0.717) is 0 Å². The van der Waals surface area contributed by atoms with Gasteiger partial charge in [-0.3, -0.25) is 9.69 Å². The first-order valence-corrected chi connectivity index (χ1v) is 10.2. The van der Waals surface area contributed by atoms with E-state index in [0.717, 1.165) is 56.3 Å². The second-order valence-electron chi connectivity index (χ2n) is 8.02. The van der Waals surface area contributed by atoms with Gasteiger partial charge in [-0.15, -0.1) is 0 Å². The van der Waals surface area contributed by atoms with Crippen molar-refractivity contribution in [2.75, 3.05) is 18.5 Å². The summed E-state index contributed by atoms with van der Waals surface area (Å²) in [5.74, 6) is 1.90. The summed E-state index contributed by atoms with van der Waals surface area (Å²) < 4.78 is 5.84. The van der Waals surface area contributed by atoms with Gasteiger partial charge >= 0.3 is 0 Å². The van der Waals surface area contributed by atoms with Gasteiger partial charge in [0.15, 0.2) is 0 Å². The number of hydrogen-bond acceptors (Lipinski definition) is 3. The van der Waals surface area contributed by atoms with Crippen LogP contribution in [0.1, 0.15) is 48.3 Å². The topological polar surface area (TPSA) is 41.6 Å². The van der Waals surface area contributed by atoms with E-state index in [2.05, 4.69) is 40.5 Å². The first-order valence-electron chi connectivity index (χ1n) is 10.2. The zero-order valence-electron chi connectivity index (χ0n) is 15.6. The molecule has 1 atom stereocenters. The Bertz CT molecular complexity index is 842. The molecule has 5 rings (SSSR count). The third-order valence-corrected chi connectivity index (χ3v) is 6.06. The van der Waals surface area contributed by atoms with Crippen molar-refractivity contribution in [3.05, 3.63) is 59.2 Å². The minimum atomic E-state index is -0.0645. The van der Waals surface area contributed by atoms with Crippen molar-refractivity contribution in [2.45, 2.75) is 50.6 Å². The van der Waals surface area contributed by atoms with E-state index in [1.807, 2.05) is 12.1 Å². The third kappa shape index (κ3) is 3.46. The van der Waals surface area contributed by atoms with Gasteiger partial charge in [-0.2, -0.15) is 0 Å². The minimum Gasteiger partial charge on any atom is -0.493 e. The van der Waals surface area contributed by atoms with Crippen LogP contribution in [0.5, 0.6) is 5.75 Å². The van der Waals surface area contributed by atoms with Gasteiger partial charge in [0, 0.05) is 24.2 Å². The molecule has 2 aliphatic heterocycles. The maximum atomic E-state index is 12.9. The smallest absolute Gasteiger partial charge is 0.241 e. The van der Waals surface area contributed by atoms with Gasteiger partial charge in [-0.05, 0) is 61.4 Å². The molecule has 2 aromatic rings. The summed E-state index contributed by atoms with van der Waals surface area (Å²) in [7, 11) is 0. The maximum absolute atomic E-state index is 12.9. The van der Waals surface area contributed by atoms with Crippen molar-refractivity contribution in [3.63, 3.8) is 0 Å². The highest BCUT2D eigenvalue weighted by Crippen LogP contribution is 2.40. The molecule has 2 aromatic carbocycles. The molecule has 1 saturated heterocycles. The lowest BCUT2D eigenvalue weighted by Gasteiger charge is -2.24. The lowest BCUT2D eigenvalue weighted by molar-refractivity contribution is -0.120. The van der Waals surface area contributed by atoms with E-state index in [-0.39, 0.29) is 11.9 Å². The molecule has 2 fully saturated rings. The Hall–Kier alpha value is -2.33. The normalized spacial score (nSPS) is 21.7. The van der Waals surface area contributed by atoms with E-state index in [1.54, 1.807) is 0 Å². The van der Waals surface area contributed by atoms with Crippen LogP contribution in [-0.2, 0) is 17.8 Å². The Kier molecular flexibility index (Phi) is 4.36. The molecule has 0 bridgehead atoms. The van der Waals surface area contributed by atoms with Crippen molar-refractivity contribution in [2.24, 2.45) is 0 Å². The van der Waals surface area contributed by atoms with Crippen LogP contribution in [0, 0.1) is 0 Å².